The number of halogens is 1. The summed E-state index contributed by atoms with van der Waals surface area (Å²) in [6, 6.07) is 6.08. The summed E-state index contributed by atoms with van der Waals surface area (Å²) >= 11 is 1.46. The van der Waals surface area contributed by atoms with E-state index in [1.165, 1.54) is 23.9 Å². The number of aliphatic carboxylic acids is 1. The number of nitrogens with one attached hydrogen (secondary N) is 1. The van der Waals surface area contributed by atoms with Crippen LogP contribution in [0.15, 0.2) is 29.2 Å². The number of benzene rings is 1. The molecule has 6 heteroatoms. The maximum atomic E-state index is 12.7. The molecule has 2 N–H and O–H groups in total. The monoisotopic (exact) mass is 313 g/mol. The van der Waals surface area contributed by atoms with E-state index in [1.807, 2.05) is 0 Å². The fourth-order valence-electron chi connectivity index (χ4n) is 1.53. The van der Waals surface area contributed by atoms with Crippen molar-refractivity contribution in [3.63, 3.8) is 0 Å². The van der Waals surface area contributed by atoms with Gasteiger partial charge in [0.1, 0.15) is 5.82 Å². The molecule has 116 valence electrons. The molecule has 1 atom stereocenters. The lowest BCUT2D eigenvalue weighted by Crippen LogP contribution is -2.40. The maximum absolute atomic E-state index is 12.7. The van der Waals surface area contributed by atoms with Crippen LogP contribution in [0.25, 0.3) is 0 Å². The molecule has 4 nitrogen and oxygen atoms in total. The first-order chi connectivity index (χ1) is 9.87. The Morgan fingerprint density at radius 3 is 2.48 bits per heavy atom. The zero-order valence-corrected chi connectivity index (χ0v) is 13.0. The van der Waals surface area contributed by atoms with Gasteiger partial charge >= 0.3 is 5.97 Å². The van der Waals surface area contributed by atoms with Gasteiger partial charge in [-0.1, -0.05) is 6.92 Å². The zero-order chi connectivity index (χ0) is 15.9. The lowest BCUT2D eigenvalue weighted by molar-refractivity contribution is -0.148. The molecule has 0 heterocycles. The van der Waals surface area contributed by atoms with E-state index < -0.39 is 11.4 Å². The lowest BCUT2D eigenvalue weighted by Gasteiger charge is -2.23. The van der Waals surface area contributed by atoms with Crippen LogP contribution in [0, 0.1) is 11.2 Å². The van der Waals surface area contributed by atoms with Gasteiger partial charge in [-0.05, 0) is 37.6 Å². The molecule has 0 saturated carbocycles. The van der Waals surface area contributed by atoms with Crippen molar-refractivity contribution in [3.05, 3.63) is 30.1 Å². The number of hydrogen-bond donors (Lipinski definition) is 2. The van der Waals surface area contributed by atoms with Crippen LogP contribution >= 0.6 is 11.8 Å². The first-order valence-corrected chi connectivity index (χ1v) is 7.74. The van der Waals surface area contributed by atoms with Gasteiger partial charge in [-0.15, -0.1) is 11.8 Å². The molecule has 1 rings (SSSR count). The van der Waals surface area contributed by atoms with Crippen LogP contribution < -0.4 is 5.32 Å². The van der Waals surface area contributed by atoms with Crippen molar-refractivity contribution in [3.8, 4) is 0 Å². The van der Waals surface area contributed by atoms with Crippen LogP contribution in [0.5, 0.6) is 0 Å². The molecule has 0 spiro atoms. The topological polar surface area (TPSA) is 66.4 Å². The summed E-state index contributed by atoms with van der Waals surface area (Å²) in [6.45, 7) is 3.52. The number of rotatable bonds is 8. The third-order valence-electron chi connectivity index (χ3n) is 3.38. The highest BCUT2D eigenvalue weighted by atomic mass is 32.2. The molecule has 0 aromatic heterocycles. The van der Waals surface area contributed by atoms with Crippen molar-refractivity contribution in [2.24, 2.45) is 5.41 Å². The first-order valence-electron chi connectivity index (χ1n) is 6.76. The quantitative estimate of drug-likeness (QED) is 0.724. The van der Waals surface area contributed by atoms with Gasteiger partial charge in [-0.3, -0.25) is 9.59 Å². The standard InChI is InChI=1S/C15H20FNO3S/c1-3-15(2,14(19)20)10-17-13(18)8-9-21-12-6-4-11(16)5-7-12/h4-7H,3,8-10H2,1-2H3,(H,17,18)(H,19,20). The third-order valence-corrected chi connectivity index (χ3v) is 4.40. The highest BCUT2D eigenvalue weighted by molar-refractivity contribution is 7.99. The fourth-order valence-corrected chi connectivity index (χ4v) is 2.38. The summed E-state index contributed by atoms with van der Waals surface area (Å²) in [5.74, 6) is -0.811. The molecule has 0 bridgehead atoms. The largest absolute Gasteiger partial charge is 0.481 e. The molecule has 1 unspecified atom stereocenters. The molecule has 1 amide bonds. The van der Waals surface area contributed by atoms with Crippen LogP contribution in [0.2, 0.25) is 0 Å². The molecule has 0 aliphatic rings. The highest BCUT2D eigenvalue weighted by Crippen LogP contribution is 2.21. The second-order valence-corrected chi connectivity index (χ2v) is 6.22. The van der Waals surface area contributed by atoms with Gasteiger partial charge in [0.15, 0.2) is 0 Å². The van der Waals surface area contributed by atoms with Gasteiger partial charge in [-0.2, -0.15) is 0 Å². The van der Waals surface area contributed by atoms with E-state index in [0.717, 1.165) is 4.90 Å². The van der Waals surface area contributed by atoms with Crippen molar-refractivity contribution in [2.45, 2.75) is 31.6 Å². The van der Waals surface area contributed by atoms with E-state index in [1.54, 1.807) is 26.0 Å². The number of hydrogen-bond acceptors (Lipinski definition) is 3. The number of carboxylic acids is 1. The molecule has 0 aliphatic heterocycles. The van der Waals surface area contributed by atoms with Gasteiger partial charge in [0.05, 0.1) is 5.41 Å². The van der Waals surface area contributed by atoms with Crippen LogP contribution in [-0.4, -0.2) is 29.3 Å². The van der Waals surface area contributed by atoms with Crippen LogP contribution in [0.4, 0.5) is 4.39 Å². The number of carbonyl (C=O) groups excluding carboxylic acids is 1. The van der Waals surface area contributed by atoms with Crippen molar-refractivity contribution in [2.75, 3.05) is 12.3 Å². The molecule has 1 aromatic rings. The third kappa shape index (κ3) is 5.75. The van der Waals surface area contributed by atoms with E-state index in [9.17, 15) is 14.0 Å². The van der Waals surface area contributed by atoms with Crippen molar-refractivity contribution < 1.29 is 19.1 Å². The Morgan fingerprint density at radius 1 is 1.33 bits per heavy atom. The van der Waals surface area contributed by atoms with Gasteiger partial charge in [0, 0.05) is 23.6 Å². The molecular formula is C15H20FNO3S. The SMILES string of the molecule is CCC(C)(CNC(=O)CCSc1ccc(F)cc1)C(=O)O. The molecular weight excluding hydrogens is 293 g/mol. The fraction of sp³-hybridized carbons (Fsp3) is 0.467. The normalized spacial score (nSPS) is 13.5. The predicted molar refractivity (Wildman–Crippen MR) is 80.8 cm³/mol. The molecule has 1 aromatic carbocycles. The highest BCUT2D eigenvalue weighted by Gasteiger charge is 2.31. The van der Waals surface area contributed by atoms with Crippen LogP contribution in [0.3, 0.4) is 0 Å². The Morgan fingerprint density at radius 2 is 1.95 bits per heavy atom. The van der Waals surface area contributed by atoms with Gasteiger partial charge < -0.3 is 10.4 Å². The summed E-state index contributed by atoms with van der Waals surface area (Å²) in [6.07, 6.45) is 0.744. The van der Waals surface area contributed by atoms with Crippen LogP contribution in [0.1, 0.15) is 26.7 Å². The minimum absolute atomic E-state index is 0.124. The Bertz CT molecular complexity index is 492. The average Bonchev–Trinajstić information content (AvgIpc) is 2.46. The van der Waals surface area contributed by atoms with Crippen molar-refractivity contribution in [1.29, 1.82) is 0 Å². The Balaban J connectivity index is 2.31. The number of carbonyl (C=O) groups is 2. The second-order valence-electron chi connectivity index (χ2n) is 5.05. The lowest BCUT2D eigenvalue weighted by atomic mass is 9.88. The zero-order valence-electron chi connectivity index (χ0n) is 12.2. The predicted octanol–water partition coefficient (Wildman–Crippen LogP) is 2.93. The summed E-state index contributed by atoms with van der Waals surface area (Å²) in [4.78, 5) is 23.7. The van der Waals surface area contributed by atoms with Crippen molar-refractivity contribution in [1.82, 2.24) is 5.32 Å². The summed E-state index contributed by atoms with van der Waals surface area (Å²) in [5, 5.41) is 11.8. The summed E-state index contributed by atoms with van der Waals surface area (Å²) in [5.41, 5.74) is -0.931. The summed E-state index contributed by atoms with van der Waals surface area (Å²) < 4.78 is 12.7. The van der Waals surface area contributed by atoms with Crippen molar-refractivity contribution >= 4 is 23.6 Å². The number of carboxylic acid groups (broad SMARTS) is 1. The summed E-state index contributed by atoms with van der Waals surface area (Å²) in [7, 11) is 0. The average molecular weight is 313 g/mol. The second kappa shape index (κ2) is 8.02. The van der Waals surface area contributed by atoms with E-state index in [2.05, 4.69) is 5.32 Å². The minimum Gasteiger partial charge on any atom is -0.481 e. The van der Waals surface area contributed by atoms with E-state index in [-0.39, 0.29) is 18.3 Å². The molecule has 0 aliphatic carbocycles. The van der Waals surface area contributed by atoms with Crippen LogP contribution in [-0.2, 0) is 9.59 Å². The molecule has 0 saturated heterocycles. The van der Waals surface area contributed by atoms with E-state index in [4.69, 9.17) is 5.11 Å². The molecule has 21 heavy (non-hydrogen) atoms. The van der Waals surface area contributed by atoms with E-state index >= 15 is 0 Å². The smallest absolute Gasteiger partial charge is 0.311 e. The van der Waals surface area contributed by atoms with Gasteiger partial charge in [0.25, 0.3) is 0 Å². The van der Waals surface area contributed by atoms with E-state index in [0.29, 0.717) is 18.6 Å². The number of thioether (sulfide) groups is 1. The Labute approximate surface area is 128 Å². The Kier molecular flexibility index (Phi) is 6.68. The molecule has 0 radical (unpaired) electrons. The Hall–Kier alpha value is -1.56. The minimum atomic E-state index is -0.931. The van der Waals surface area contributed by atoms with Gasteiger partial charge in [0.2, 0.25) is 5.91 Å². The number of amides is 1. The molecule has 0 fully saturated rings. The first kappa shape index (κ1) is 17.5. The van der Waals surface area contributed by atoms with Gasteiger partial charge in [-0.25, -0.2) is 4.39 Å². The maximum Gasteiger partial charge on any atom is 0.311 e.